The smallest absolute Gasteiger partial charge is 0.147 e. The molecule has 102 valence electrons. The summed E-state index contributed by atoms with van der Waals surface area (Å²) in [5.41, 5.74) is 1.90. The van der Waals surface area contributed by atoms with Crippen molar-refractivity contribution in [2.24, 2.45) is 0 Å². The van der Waals surface area contributed by atoms with E-state index in [0.29, 0.717) is 34.4 Å². The van der Waals surface area contributed by atoms with E-state index >= 15 is 0 Å². The Labute approximate surface area is 125 Å². The first-order valence-electron chi connectivity index (χ1n) is 6.19. The van der Waals surface area contributed by atoms with Gasteiger partial charge >= 0.3 is 0 Å². The second-order valence-corrected chi connectivity index (χ2v) is 5.15. The zero-order valence-electron chi connectivity index (χ0n) is 10.5. The van der Waals surface area contributed by atoms with Crippen LogP contribution in [0.5, 0.6) is 0 Å². The molecule has 0 spiro atoms. The van der Waals surface area contributed by atoms with Gasteiger partial charge in [0.05, 0.1) is 16.2 Å². The molecule has 3 aromatic rings. The van der Waals surface area contributed by atoms with E-state index in [0.717, 1.165) is 5.52 Å². The quantitative estimate of drug-likeness (QED) is 0.647. The Morgan fingerprint density at radius 3 is 2.65 bits per heavy atom. The number of alkyl halides is 1. The maximum Gasteiger partial charge on any atom is 0.147 e. The average Bonchev–Trinajstić information content (AvgIpc) is 2.80. The molecule has 0 aliphatic rings. The van der Waals surface area contributed by atoms with Crippen LogP contribution in [0.2, 0.25) is 5.02 Å². The monoisotopic (exact) mass is 308 g/mol. The van der Waals surface area contributed by atoms with Gasteiger partial charge in [-0.05, 0) is 24.3 Å². The summed E-state index contributed by atoms with van der Waals surface area (Å²) in [5.74, 6) is 0.811. The molecule has 0 radical (unpaired) electrons. The fraction of sp³-hybridized carbons (Fsp3) is 0.133. The van der Waals surface area contributed by atoms with Crippen LogP contribution in [0.15, 0.2) is 42.5 Å². The maximum atomic E-state index is 14.1. The fourth-order valence-electron chi connectivity index (χ4n) is 2.27. The lowest BCUT2D eigenvalue weighted by molar-refractivity contribution is 0.617. The summed E-state index contributed by atoms with van der Waals surface area (Å²) in [6.45, 7) is 0. The largest absolute Gasteiger partial charge is 0.293 e. The molecular weight excluding hydrogens is 298 g/mol. The summed E-state index contributed by atoms with van der Waals surface area (Å²) in [6.07, 6.45) is 0.543. The lowest BCUT2D eigenvalue weighted by Crippen LogP contribution is -2.04. The van der Waals surface area contributed by atoms with E-state index in [1.807, 2.05) is 12.1 Å². The van der Waals surface area contributed by atoms with E-state index in [1.165, 1.54) is 6.07 Å². The van der Waals surface area contributed by atoms with Gasteiger partial charge in [-0.15, -0.1) is 11.6 Å². The van der Waals surface area contributed by atoms with E-state index in [4.69, 9.17) is 23.2 Å². The molecule has 0 unspecified atom stereocenters. The Morgan fingerprint density at radius 1 is 1.10 bits per heavy atom. The van der Waals surface area contributed by atoms with Gasteiger partial charge in [-0.25, -0.2) is 9.37 Å². The number of hydrogen-bond donors (Lipinski definition) is 0. The molecule has 2 nitrogen and oxygen atoms in total. The SMILES string of the molecule is Fc1ccccc1-n1c(CCCl)nc2c(Cl)cccc21. The average molecular weight is 309 g/mol. The second-order valence-electron chi connectivity index (χ2n) is 4.36. The molecule has 5 heteroatoms. The molecular formula is C15H11Cl2FN2. The molecule has 0 aliphatic carbocycles. The van der Waals surface area contributed by atoms with E-state index in [9.17, 15) is 4.39 Å². The number of para-hydroxylation sites is 2. The van der Waals surface area contributed by atoms with Crippen LogP contribution >= 0.6 is 23.2 Å². The van der Waals surface area contributed by atoms with E-state index in [-0.39, 0.29) is 5.82 Å². The van der Waals surface area contributed by atoms with Crippen molar-refractivity contribution in [2.45, 2.75) is 6.42 Å². The van der Waals surface area contributed by atoms with Crippen LogP contribution < -0.4 is 0 Å². The Kier molecular flexibility index (Phi) is 3.64. The Hall–Kier alpha value is -1.58. The van der Waals surface area contributed by atoms with Crippen molar-refractivity contribution < 1.29 is 4.39 Å². The Bertz CT molecular complexity index is 768. The van der Waals surface area contributed by atoms with Gasteiger partial charge in [-0.1, -0.05) is 29.8 Å². The molecule has 0 fully saturated rings. The number of imidazole rings is 1. The van der Waals surface area contributed by atoms with Gasteiger partial charge in [0.2, 0.25) is 0 Å². The number of nitrogens with zero attached hydrogens (tertiary/aromatic N) is 2. The van der Waals surface area contributed by atoms with E-state index in [2.05, 4.69) is 4.98 Å². The van der Waals surface area contributed by atoms with E-state index < -0.39 is 0 Å². The van der Waals surface area contributed by atoms with Gasteiger partial charge < -0.3 is 0 Å². The number of halogens is 3. The molecule has 0 bridgehead atoms. The van der Waals surface area contributed by atoms with Crippen molar-refractivity contribution in [2.75, 3.05) is 5.88 Å². The van der Waals surface area contributed by atoms with Crippen LogP contribution in [0.1, 0.15) is 5.82 Å². The number of fused-ring (bicyclic) bond motifs is 1. The predicted molar refractivity (Wildman–Crippen MR) is 80.5 cm³/mol. The summed E-state index contributed by atoms with van der Waals surface area (Å²) in [4.78, 5) is 4.50. The number of aromatic nitrogens is 2. The number of benzene rings is 2. The van der Waals surface area contributed by atoms with Gasteiger partial charge in [-0.2, -0.15) is 0 Å². The molecule has 0 aliphatic heterocycles. The first kappa shape index (κ1) is 13.4. The molecule has 1 heterocycles. The van der Waals surface area contributed by atoms with Crippen molar-refractivity contribution >= 4 is 34.2 Å². The molecule has 0 N–H and O–H groups in total. The van der Waals surface area contributed by atoms with Gasteiger partial charge in [0.15, 0.2) is 0 Å². The zero-order chi connectivity index (χ0) is 14.1. The van der Waals surface area contributed by atoms with Crippen LogP contribution in [-0.2, 0) is 6.42 Å². The second kappa shape index (κ2) is 5.43. The Morgan fingerprint density at radius 2 is 1.90 bits per heavy atom. The first-order chi connectivity index (χ1) is 9.72. The highest BCUT2D eigenvalue weighted by Gasteiger charge is 2.16. The zero-order valence-corrected chi connectivity index (χ0v) is 12.0. The third-order valence-electron chi connectivity index (χ3n) is 3.12. The van der Waals surface area contributed by atoms with Gasteiger partial charge in [-0.3, -0.25) is 4.57 Å². The molecule has 1 aromatic heterocycles. The lowest BCUT2D eigenvalue weighted by Gasteiger charge is -2.09. The molecule has 0 amide bonds. The minimum atomic E-state index is -0.303. The topological polar surface area (TPSA) is 17.8 Å². The maximum absolute atomic E-state index is 14.1. The summed E-state index contributed by atoms with van der Waals surface area (Å²) < 4.78 is 15.9. The number of rotatable bonds is 3. The van der Waals surface area contributed by atoms with Crippen molar-refractivity contribution in [1.82, 2.24) is 9.55 Å². The van der Waals surface area contributed by atoms with Crippen molar-refractivity contribution in [3.05, 3.63) is 59.1 Å². The standard InChI is InChI=1S/C15H11Cl2FN2/c16-9-8-14-19-15-10(17)4-3-7-13(15)20(14)12-6-2-1-5-11(12)18/h1-7H,8-9H2. The van der Waals surface area contributed by atoms with Crippen LogP contribution in [0, 0.1) is 5.82 Å². The van der Waals surface area contributed by atoms with Gasteiger partial charge in [0.25, 0.3) is 0 Å². The normalized spacial score (nSPS) is 11.2. The predicted octanol–water partition coefficient (Wildman–Crippen LogP) is 4.60. The van der Waals surface area contributed by atoms with Crippen molar-refractivity contribution in [1.29, 1.82) is 0 Å². The minimum Gasteiger partial charge on any atom is -0.293 e. The summed E-state index contributed by atoms with van der Waals surface area (Å²) in [7, 11) is 0. The van der Waals surface area contributed by atoms with Crippen LogP contribution in [0.4, 0.5) is 4.39 Å². The highest BCUT2D eigenvalue weighted by Crippen LogP contribution is 2.28. The third-order valence-corrected chi connectivity index (χ3v) is 3.61. The van der Waals surface area contributed by atoms with E-state index in [1.54, 1.807) is 28.8 Å². The number of aryl methyl sites for hydroxylation is 1. The summed E-state index contributed by atoms with van der Waals surface area (Å²) >= 11 is 12.0. The van der Waals surface area contributed by atoms with Crippen LogP contribution in [0.3, 0.4) is 0 Å². The third kappa shape index (κ3) is 2.17. The molecule has 20 heavy (non-hydrogen) atoms. The Balaban J connectivity index is 2.35. The first-order valence-corrected chi connectivity index (χ1v) is 7.10. The van der Waals surface area contributed by atoms with Crippen molar-refractivity contribution in [3.63, 3.8) is 0 Å². The van der Waals surface area contributed by atoms with Crippen LogP contribution in [0.25, 0.3) is 16.7 Å². The molecule has 0 saturated carbocycles. The van der Waals surface area contributed by atoms with Crippen LogP contribution in [-0.4, -0.2) is 15.4 Å². The molecule has 0 saturated heterocycles. The highest BCUT2D eigenvalue weighted by atomic mass is 35.5. The highest BCUT2D eigenvalue weighted by molar-refractivity contribution is 6.35. The molecule has 2 aromatic carbocycles. The number of hydrogen-bond acceptors (Lipinski definition) is 1. The van der Waals surface area contributed by atoms with Gasteiger partial charge in [0, 0.05) is 12.3 Å². The summed E-state index contributed by atoms with van der Waals surface area (Å²) in [5, 5.41) is 0.549. The van der Waals surface area contributed by atoms with Gasteiger partial charge in [0.1, 0.15) is 17.2 Å². The lowest BCUT2D eigenvalue weighted by atomic mass is 10.2. The minimum absolute atomic E-state index is 0.303. The molecule has 3 rings (SSSR count). The molecule has 0 atom stereocenters. The fourth-order valence-corrected chi connectivity index (χ4v) is 2.65. The summed E-state index contributed by atoms with van der Waals surface area (Å²) in [6, 6.07) is 12.1. The van der Waals surface area contributed by atoms with Crippen molar-refractivity contribution in [3.8, 4) is 5.69 Å².